The minimum absolute atomic E-state index is 0.264. The lowest BCUT2D eigenvalue weighted by atomic mass is 9.84. The van der Waals surface area contributed by atoms with Crippen LogP contribution in [-0.4, -0.2) is 16.5 Å². The van der Waals surface area contributed by atoms with Crippen molar-refractivity contribution in [1.82, 2.24) is 0 Å². The second-order valence-corrected chi connectivity index (χ2v) is 7.73. The predicted molar refractivity (Wildman–Crippen MR) is 92.4 cm³/mol. The summed E-state index contributed by atoms with van der Waals surface area (Å²) in [5.41, 5.74) is 4.66. The maximum Gasteiger partial charge on any atom is 0.161 e. The van der Waals surface area contributed by atoms with Crippen molar-refractivity contribution in [1.29, 1.82) is 0 Å². The minimum atomic E-state index is 0.264. The number of anilines is 1. The Morgan fingerprint density at radius 2 is 1.86 bits per heavy atom. The Hall–Kier alpha value is -0.960. The van der Waals surface area contributed by atoms with Crippen LogP contribution in [0.15, 0.2) is 23.2 Å². The molecule has 0 radical (unpaired) electrons. The van der Waals surface area contributed by atoms with Gasteiger partial charge in [-0.3, -0.25) is 4.99 Å². The summed E-state index contributed by atoms with van der Waals surface area (Å²) in [5.74, 6) is 1.18. The minimum Gasteiger partial charge on any atom is -0.335 e. The van der Waals surface area contributed by atoms with Crippen LogP contribution in [-0.2, 0) is 12.8 Å². The van der Waals surface area contributed by atoms with E-state index in [1.165, 1.54) is 74.8 Å². The van der Waals surface area contributed by atoms with Gasteiger partial charge in [0.05, 0.1) is 5.54 Å². The van der Waals surface area contributed by atoms with Crippen LogP contribution in [0.1, 0.15) is 56.1 Å². The number of rotatable bonds is 1. The van der Waals surface area contributed by atoms with Crippen molar-refractivity contribution >= 4 is 22.6 Å². The Kier molecular flexibility index (Phi) is 3.70. The third-order valence-corrected chi connectivity index (χ3v) is 6.39. The number of nitrogens with zero attached hydrogens (tertiary/aromatic N) is 1. The van der Waals surface area contributed by atoms with Crippen LogP contribution in [0, 0.1) is 0 Å². The molecule has 112 valence electrons. The first kappa shape index (κ1) is 13.7. The Morgan fingerprint density at radius 1 is 1.00 bits per heavy atom. The molecule has 1 aliphatic heterocycles. The topological polar surface area (TPSA) is 24.4 Å². The van der Waals surface area contributed by atoms with E-state index in [0.29, 0.717) is 0 Å². The normalized spacial score (nSPS) is 23.7. The summed E-state index contributed by atoms with van der Waals surface area (Å²) in [4.78, 5) is 5.09. The Balaban J connectivity index is 1.55. The summed E-state index contributed by atoms with van der Waals surface area (Å²) >= 11 is 1.93. The van der Waals surface area contributed by atoms with Crippen molar-refractivity contribution in [3.63, 3.8) is 0 Å². The molecule has 3 heteroatoms. The van der Waals surface area contributed by atoms with Gasteiger partial charge in [0.15, 0.2) is 5.17 Å². The van der Waals surface area contributed by atoms with Crippen molar-refractivity contribution in [2.24, 2.45) is 4.99 Å². The molecule has 0 unspecified atom stereocenters. The molecular weight excluding hydrogens is 276 g/mol. The molecule has 1 heterocycles. The number of nitrogens with one attached hydrogen (secondary N) is 1. The van der Waals surface area contributed by atoms with Gasteiger partial charge in [0, 0.05) is 11.4 Å². The third-order valence-electron chi connectivity index (χ3n) is 5.24. The van der Waals surface area contributed by atoms with Crippen LogP contribution in [0.5, 0.6) is 0 Å². The number of amidine groups is 1. The van der Waals surface area contributed by atoms with Gasteiger partial charge in [-0.25, -0.2) is 0 Å². The van der Waals surface area contributed by atoms with Crippen LogP contribution in [0.4, 0.5) is 5.69 Å². The summed E-state index contributed by atoms with van der Waals surface area (Å²) in [6.45, 7) is 0. The zero-order chi connectivity index (χ0) is 14.1. The first-order valence-corrected chi connectivity index (χ1v) is 9.44. The average Bonchev–Trinajstić information content (AvgIpc) is 2.91. The van der Waals surface area contributed by atoms with Gasteiger partial charge < -0.3 is 5.32 Å². The molecule has 1 fully saturated rings. The van der Waals surface area contributed by atoms with Gasteiger partial charge in [-0.1, -0.05) is 43.2 Å². The summed E-state index contributed by atoms with van der Waals surface area (Å²) in [6.07, 6.45) is 11.8. The molecule has 0 amide bonds. The van der Waals surface area contributed by atoms with Crippen molar-refractivity contribution in [2.45, 2.75) is 63.3 Å². The number of thioether (sulfide) groups is 1. The van der Waals surface area contributed by atoms with Gasteiger partial charge in [0.1, 0.15) is 0 Å². The van der Waals surface area contributed by atoms with E-state index in [2.05, 4.69) is 23.5 Å². The van der Waals surface area contributed by atoms with Crippen molar-refractivity contribution in [2.75, 3.05) is 11.1 Å². The van der Waals surface area contributed by atoms with Crippen LogP contribution in [0.25, 0.3) is 0 Å². The lowest BCUT2D eigenvalue weighted by Crippen LogP contribution is -2.29. The molecule has 0 bridgehead atoms. The molecule has 0 aromatic heterocycles. The van der Waals surface area contributed by atoms with E-state index in [4.69, 9.17) is 4.99 Å². The van der Waals surface area contributed by atoms with Gasteiger partial charge >= 0.3 is 0 Å². The fourth-order valence-corrected chi connectivity index (χ4v) is 5.23. The molecule has 1 saturated carbocycles. The summed E-state index contributed by atoms with van der Waals surface area (Å²) in [7, 11) is 0. The molecule has 0 saturated heterocycles. The molecule has 3 aliphatic rings. The van der Waals surface area contributed by atoms with Gasteiger partial charge in [0.2, 0.25) is 0 Å². The van der Waals surface area contributed by atoms with E-state index < -0.39 is 0 Å². The SMILES string of the molecule is c1cc2c(c(NC3=NC4(CCCCC4)CS3)c1)CCCC2. The highest BCUT2D eigenvalue weighted by Gasteiger charge is 2.36. The van der Waals surface area contributed by atoms with Crippen molar-refractivity contribution in [3.8, 4) is 0 Å². The molecule has 2 aliphatic carbocycles. The highest BCUT2D eigenvalue weighted by Crippen LogP contribution is 2.40. The number of benzene rings is 1. The third kappa shape index (κ3) is 2.73. The molecule has 21 heavy (non-hydrogen) atoms. The van der Waals surface area contributed by atoms with Gasteiger partial charge in [0.25, 0.3) is 0 Å². The maximum absolute atomic E-state index is 5.09. The number of hydrogen-bond acceptors (Lipinski definition) is 3. The quantitative estimate of drug-likeness (QED) is 0.807. The molecule has 1 aromatic rings. The number of aliphatic imine (C=N–C) groups is 1. The molecular formula is C18H24N2S. The molecule has 1 N–H and O–H groups in total. The Morgan fingerprint density at radius 3 is 2.76 bits per heavy atom. The smallest absolute Gasteiger partial charge is 0.161 e. The zero-order valence-corrected chi connectivity index (χ0v) is 13.5. The van der Waals surface area contributed by atoms with Crippen LogP contribution in [0.2, 0.25) is 0 Å². The van der Waals surface area contributed by atoms with Gasteiger partial charge in [-0.2, -0.15) is 0 Å². The van der Waals surface area contributed by atoms with E-state index in [9.17, 15) is 0 Å². The monoisotopic (exact) mass is 300 g/mol. The number of aryl methyl sites for hydroxylation is 1. The van der Waals surface area contributed by atoms with E-state index in [0.717, 1.165) is 5.17 Å². The predicted octanol–water partition coefficient (Wildman–Crippen LogP) is 4.78. The average molecular weight is 300 g/mol. The summed E-state index contributed by atoms with van der Waals surface area (Å²) in [6, 6.07) is 6.73. The highest BCUT2D eigenvalue weighted by atomic mass is 32.2. The van der Waals surface area contributed by atoms with Crippen molar-refractivity contribution in [3.05, 3.63) is 29.3 Å². The summed E-state index contributed by atoms with van der Waals surface area (Å²) in [5, 5.41) is 4.82. The zero-order valence-electron chi connectivity index (χ0n) is 12.7. The van der Waals surface area contributed by atoms with E-state index >= 15 is 0 Å². The van der Waals surface area contributed by atoms with Crippen LogP contribution in [0.3, 0.4) is 0 Å². The largest absolute Gasteiger partial charge is 0.335 e. The fraction of sp³-hybridized carbons (Fsp3) is 0.611. The molecule has 4 rings (SSSR count). The second-order valence-electron chi connectivity index (χ2n) is 6.77. The first-order valence-electron chi connectivity index (χ1n) is 8.45. The van der Waals surface area contributed by atoms with Gasteiger partial charge in [-0.05, 0) is 55.7 Å². The molecule has 2 nitrogen and oxygen atoms in total. The highest BCUT2D eigenvalue weighted by molar-refractivity contribution is 8.14. The fourth-order valence-electron chi connectivity index (χ4n) is 4.03. The lowest BCUT2D eigenvalue weighted by molar-refractivity contribution is 0.335. The van der Waals surface area contributed by atoms with Crippen molar-refractivity contribution < 1.29 is 0 Å². The number of hydrogen-bond donors (Lipinski definition) is 1. The molecule has 1 spiro atoms. The maximum atomic E-state index is 5.09. The number of fused-ring (bicyclic) bond motifs is 1. The van der Waals surface area contributed by atoms with Crippen LogP contribution >= 0.6 is 11.8 Å². The second kappa shape index (κ2) is 5.68. The lowest BCUT2D eigenvalue weighted by Gasteiger charge is -2.29. The van der Waals surface area contributed by atoms with E-state index in [1.807, 2.05) is 11.8 Å². The van der Waals surface area contributed by atoms with E-state index in [-0.39, 0.29) is 5.54 Å². The molecule has 1 aromatic carbocycles. The Bertz CT molecular complexity index is 558. The summed E-state index contributed by atoms with van der Waals surface area (Å²) < 4.78 is 0. The van der Waals surface area contributed by atoms with E-state index in [1.54, 1.807) is 5.56 Å². The first-order chi connectivity index (χ1) is 10.3. The standard InChI is InChI=1S/C18H24N2S/c1-4-11-18(12-5-1)13-21-17(20-18)19-16-10-6-8-14-7-2-3-9-15(14)16/h6,8,10H,1-5,7,9,11-13H2,(H,19,20). The molecule has 0 atom stereocenters. The van der Waals surface area contributed by atoms with Gasteiger partial charge in [-0.15, -0.1) is 0 Å². The van der Waals surface area contributed by atoms with Crippen LogP contribution < -0.4 is 5.32 Å². The Labute approximate surface area is 131 Å².